The first kappa shape index (κ1) is 22.3. The summed E-state index contributed by atoms with van der Waals surface area (Å²) < 4.78 is 12.1. The maximum Gasteiger partial charge on any atom is 0.363 e. The Bertz CT molecular complexity index is 1070. The number of benzene rings is 2. The van der Waals surface area contributed by atoms with E-state index in [-0.39, 0.29) is 23.3 Å². The van der Waals surface area contributed by atoms with Gasteiger partial charge in [0.1, 0.15) is 0 Å². The molecule has 30 heavy (non-hydrogen) atoms. The van der Waals surface area contributed by atoms with E-state index in [0.29, 0.717) is 29.7 Å². The lowest BCUT2D eigenvalue weighted by Gasteiger charge is -2.09. The standard InChI is InChI=1S/C20H14I2N2O6/c1-2-3-17(25)29-18-14(21)8-11(9-15(18)22)10-16-20(26)30-19(23-16)12-4-6-13(7-5-12)24(27)28/h4-10H,2-3H2,1H3/b16-10-. The third-order valence-corrected chi connectivity index (χ3v) is 5.54. The molecule has 0 aliphatic carbocycles. The second-order valence-electron chi connectivity index (χ2n) is 6.18. The van der Waals surface area contributed by atoms with Crippen LogP contribution in [0.2, 0.25) is 0 Å². The minimum atomic E-state index is -0.619. The molecule has 0 saturated heterocycles. The molecule has 0 radical (unpaired) electrons. The summed E-state index contributed by atoms with van der Waals surface area (Å²) in [6.07, 6.45) is 2.61. The summed E-state index contributed by atoms with van der Waals surface area (Å²) in [5, 5.41) is 10.8. The van der Waals surface area contributed by atoms with Crippen LogP contribution in [0.15, 0.2) is 47.1 Å². The highest BCUT2D eigenvalue weighted by molar-refractivity contribution is 14.1. The van der Waals surface area contributed by atoms with Gasteiger partial charge in [0.15, 0.2) is 11.4 Å². The van der Waals surface area contributed by atoms with Gasteiger partial charge in [0.25, 0.3) is 5.69 Å². The number of cyclic esters (lactones) is 1. The Balaban J connectivity index is 1.86. The van der Waals surface area contributed by atoms with Crippen LogP contribution < -0.4 is 4.74 Å². The minimum absolute atomic E-state index is 0.0664. The van der Waals surface area contributed by atoms with E-state index >= 15 is 0 Å². The highest BCUT2D eigenvalue weighted by atomic mass is 127. The van der Waals surface area contributed by atoms with Crippen molar-refractivity contribution in [1.29, 1.82) is 0 Å². The van der Waals surface area contributed by atoms with Crippen molar-refractivity contribution >= 4 is 74.8 Å². The second kappa shape index (κ2) is 9.64. The maximum atomic E-state index is 12.2. The van der Waals surface area contributed by atoms with Crippen molar-refractivity contribution in [2.75, 3.05) is 0 Å². The fraction of sp³-hybridized carbons (Fsp3) is 0.150. The Morgan fingerprint density at radius 2 is 1.87 bits per heavy atom. The van der Waals surface area contributed by atoms with Crippen LogP contribution in [0.4, 0.5) is 5.69 Å². The molecular weight excluding hydrogens is 618 g/mol. The van der Waals surface area contributed by atoms with Gasteiger partial charge in [0.05, 0.1) is 12.1 Å². The van der Waals surface area contributed by atoms with Crippen LogP contribution >= 0.6 is 45.2 Å². The van der Waals surface area contributed by atoms with Gasteiger partial charge in [-0.1, -0.05) is 6.92 Å². The highest BCUT2D eigenvalue weighted by Gasteiger charge is 2.25. The van der Waals surface area contributed by atoms with Crippen LogP contribution in [0.25, 0.3) is 6.08 Å². The molecular formula is C20H14I2N2O6. The second-order valence-corrected chi connectivity index (χ2v) is 8.50. The number of hydrogen-bond acceptors (Lipinski definition) is 7. The third kappa shape index (κ3) is 5.22. The van der Waals surface area contributed by atoms with Gasteiger partial charge in [-0.25, -0.2) is 9.79 Å². The molecule has 0 saturated carbocycles. The molecule has 1 heterocycles. The number of esters is 2. The van der Waals surface area contributed by atoms with Crippen LogP contribution in [0.3, 0.4) is 0 Å². The number of hydrogen-bond donors (Lipinski definition) is 0. The van der Waals surface area contributed by atoms with Gasteiger partial charge in [0, 0.05) is 24.1 Å². The van der Waals surface area contributed by atoms with E-state index in [1.807, 2.05) is 6.92 Å². The number of rotatable bonds is 6. The lowest BCUT2D eigenvalue weighted by molar-refractivity contribution is -0.384. The first-order valence-electron chi connectivity index (χ1n) is 8.75. The first-order valence-corrected chi connectivity index (χ1v) is 10.9. The number of nitrogens with zero attached hydrogens (tertiary/aromatic N) is 2. The van der Waals surface area contributed by atoms with E-state index in [4.69, 9.17) is 9.47 Å². The molecule has 1 aliphatic heterocycles. The largest absolute Gasteiger partial charge is 0.424 e. The van der Waals surface area contributed by atoms with E-state index < -0.39 is 10.9 Å². The molecule has 0 spiro atoms. The summed E-state index contributed by atoms with van der Waals surface area (Å²) in [6.45, 7) is 1.90. The lowest BCUT2D eigenvalue weighted by Crippen LogP contribution is -2.09. The zero-order chi connectivity index (χ0) is 21.8. The number of non-ortho nitro benzene ring substituents is 1. The first-order chi connectivity index (χ1) is 14.3. The van der Waals surface area contributed by atoms with Crippen molar-refractivity contribution < 1.29 is 24.0 Å². The molecule has 0 bridgehead atoms. The van der Waals surface area contributed by atoms with Crippen molar-refractivity contribution in [3.05, 3.63) is 70.5 Å². The van der Waals surface area contributed by atoms with Crippen LogP contribution in [0, 0.1) is 17.3 Å². The van der Waals surface area contributed by atoms with Gasteiger partial charge in [-0.2, -0.15) is 0 Å². The molecule has 0 amide bonds. The fourth-order valence-electron chi connectivity index (χ4n) is 2.55. The molecule has 2 aromatic carbocycles. The minimum Gasteiger partial charge on any atom is -0.424 e. The van der Waals surface area contributed by atoms with Crippen molar-refractivity contribution in [3.8, 4) is 5.75 Å². The Morgan fingerprint density at radius 1 is 1.23 bits per heavy atom. The normalized spacial score (nSPS) is 14.4. The topological polar surface area (TPSA) is 108 Å². The monoisotopic (exact) mass is 632 g/mol. The zero-order valence-corrected chi connectivity index (χ0v) is 19.9. The molecule has 0 fully saturated rings. The van der Waals surface area contributed by atoms with Gasteiger partial charge in [0.2, 0.25) is 5.90 Å². The van der Waals surface area contributed by atoms with Gasteiger partial charge in [-0.15, -0.1) is 0 Å². The summed E-state index contributed by atoms with van der Waals surface area (Å²) in [6, 6.07) is 9.12. The number of aliphatic imine (C=N–C) groups is 1. The molecule has 0 atom stereocenters. The molecule has 154 valence electrons. The Labute approximate surface area is 198 Å². The van der Waals surface area contributed by atoms with E-state index in [9.17, 15) is 19.7 Å². The van der Waals surface area contributed by atoms with Crippen LogP contribution in [0.1, 0.15) is 30.9 Å². The van der Waals surface area contributed by atoms with Gasteiger partial charge in [-0.3, -0.25) is 14.9 Å². The van der Waals surface area contributed by atoms with Gasteiger partial charge >= 0.3 is 11.9 Å². The van der Waals surface area contributed by atoms with Gasteiger partial charge in [-0.05, 0) is 87.5 Å². The summed E-state index contributed by atoms with van der Waals surface area (Å²) >= 11 is 4.14. The summed E-state index contributed by atoms with van der Waals surface area (Å²) in [5.74, 6) is -0.348. The van der Waals surface area contributed by atoms with Crippen molar-refractivity contribution in [2.24, 2.45) is 4.99 Å². The number of nitro groups is 1. The lowest BCUT2D eigenvalue weighted by atomic mass is 10.2. The molecule has 0 unspecified atom stereocenters. The predicted molar refractivity (Wildman–Crippen MR) is 126 cm³/mol. The fourth-order valence-corrected chi connectivity index (χ4v) is 4.58. The molecule has 0 aromatic heterocycles. The molecule has 3 rings (SSSR count). The number of nitro benzene ring substituents is 1. The highest BCUT2D eigenvalue weighted by Crippen LogP contribution is 2.31. The van der Waals surface area contributed by atoms with Crippen molar-refractivity contribution in [3.63, 3.8) is 0 Å². The number of halogens is 2. The Hall–Kier alpha value is -2.35. The van der Waals surface area contributed by atoms with Crippen LogP contribution in [0.5, 0.6) is 5.75 Å². The number of carbonyl (C=O) groups is 2. The quantitative estimate of drug-likeness (QED) is 0.113. The average Bonchev–Trinajstić information content (AvgIpc) is 3.05. The Morgan fingerprint density at radius 3 is 2.43 bits per heavy atom. The summed E-state index contributed by atoms with van der Waals surface area (Å²) in [7, 11) is 0. The average molecular weight is 632 g/mol. The number of carbonyl (C=O) groups excluding carboxylic acids is 2. The number of ether oxygens (including phenoxy) is 2. The van der Waals surface area contributed by atoms with Crippen LogP contribution in [-0.4, -0.2) is 22.8 Å². The summed E-state index contributed by atoms with van der Waals surface area (Å²) in [5.41, 5.74) is 1.19. The van der Waals surface area contributed by atoms with Crippen molar-refractivity contribution in [1.82, 2.24) is 0 Å². The molecule has 1 aliphatic rings. The van der Waals surface area contributed by atoms with E-state index in [1.165, 1.54) is 24.3 Å². The SMILES string of the molecule is CCCC(=O)Oc1c(I)cc(/C=C2\N=C(c3ccc([N+](=O)[O-])cc3)OC2=O)cc1I. The van der Waals surface area contributed by atoms with Crippen LogP contribution in [-0.2, 0) is 14.3 Å². The third-order valence-electron chi connectivity index (χ3n) is 3.94. The van der Waals surface area contributed by atoms with E-state index in [0.717, 1.165) is 7.14 Å². The smallest absolute Gasteiger partial charge is 0.363 e. The summed E-state index contributed by atoms with van der Waals surface area (Å²) in [4.78, 5) is 38.5. The Kier molecular flexibility index (Phi) is 7.18. The molecule has 10 heteroatoms. The van der Waals surface area contributed by atoms with Gasteiger partial charge < -0.3 is 9.47 Å². The van der Waals surface area contributed by atoms with E-state index in [1.54, 1.807) is 18.2 Å². The molecule has 8 nitrogen and oxygen atoms in total. The van der Waals surface area contributed by atoms with E-state index in [2.05, 4.69) is 50.2 Å². The molecule has 0 N–H and O–H groups in total. The molecule has 2 aromatic rings. The van der Waals surface area contributed by atoms with Crippen molar-refractivity contribution in [2.45, 2.75) is 19.8 Å². The zero-order valence-electron chi connectivity index (χ0n) is 15.6. The maximum absolute atomic E-state index is 12.2. The predicted octanol–water partition coefficient (Wildman–Crippen LogP) is 4.85.